The normalized spacial score (nSPS) is 11.3. The Kier molecular flexibility index (Phi) is 6.95. The maximum Gasteiger partial charge on any atom is 0.263 e. The lowest BCUT2D eigenvalue weighted by atomic mass is 10.2. The third kappa shape index (κ3) is 6.13. The van der Waals surface area contributed by atoms with Crippen LogP contribution in [0.25, 0.3) is 0 Å². The lowest BCUT2D eigenvalue weighted by Crippen LogP contribution is -2.24. The molecule has 0 aliphatic carbocycles. The van der Waals surface area contributed by atoms with Gasteiger partial charge in [-0.1, -0.05) is 31.0 Å². The number of nitrogens with zero attached hydrogens (tertiary/aromatic N) is 1. The van der Waals surface area contributed by atoms with Crippen molar-refractivity contribution in [3.8, 4) is 0 Å². The van der Waals surface area contributed by atoms with E-state index < -0.39 is 10.0 Å². The van der Waals surface area contributed by atoms with Crippen molar-refractivity contribution in [3.05, 3.63) is 40.9 Å². The van der Waals surface area contributed by atoms with Crippen molar-refractivity contribution in [1.29, 1.82) is 0 Å². The first-order valence-electron chi connectivity index (χ1n) is 8.21. The Bertz CT molecular complexity index is 799. The standard InChI is InChI=1S/C17H23N3O3S2/c1-3-4-11-18-16(21)10-7-14-12-24-17(19-14)20-25(22,23)15-8-5-13(2)6-9-15/h5-6,8-9,12H,3-4,7,10-11H2,1-2H3,(H,18,21)(H,19,20). The summed E-state index contributed by atoms with van der Waals surface area (Å²) in [6.07, 6.45) is 2.84. The molecule has 2 aromatic rings. The second kappa shape index (κ2) is 8.96. The molecule has 1 amide bonds. The van der Waals surface area contributed by atoms with E-state index in [-0.39, 0.29) is 10.8 Å². The van der Waals surface area contributed by atoms with Crippen molar-refractivity contribution >= 4 is 32.4 Å². The van der Waals surface area contributed by atoms with Crippen LogP contribution in [0, 0.1) is 6.92 Å². The van der Waals surface area contributed by atoms with Gasteiger partial charge in [-0.05, 0) is 31.9 Å². The van der Waals surface area contributed by atoms with E-state index in [1.807, 2.05) is 6.92 Å². The molecule has 0 saturated carbocycles. The summed E-state index contributed by atoms with van der Waals surface area (Å²) in [6, 6.07) is 6.62. The average Bonchev–Trinajstić information content (AvgIpc) is 3.00. The number of benzene rings is 1. The van der Waals surface area contributed by atoms with E-state index in [4.69, 9.17) is 0 Å². The molecule has 136 valence electrons. The second-order valence-electron chi connectivity index (χ2n) is 5.77. The Morgan fingerprint density at radius 1 is 1.24 bits per heavy atom. The molecule has 25 heavy (non-hydrogen) atoms. The molecule has 0 unspecified atom stereocenters. The van der Waals surface area contributed by atoms with Crippen LogP contribution in [0.15, 0.2) is 34.5 Å². The number of nitrogens with one attached hydrogen (secondary N) is 2. The number of sulfonamides is 1. The lowest BCUT2D eigenvalue weighted by Gasteiger charge is -2.05. The summed E-state index contributed by atoms with van der Waals surface area (Å²) in [5, 5.41) is 4.93. The largest absolute Gasteiger partial charge is 0.356 e. The molecule has 1 aromatic carbocycles. The molecule has 1 heterocycles. The summed E-state index contributed by atoms with van der Waals surface area (Å²) in [7, 11) is -3.64. The third-order valence-electron chi connectivity index (χ3n) is 3.57. The smallest absolute Gasteiger partial charge is 0.263 e. The summed E-state index contributed by atoms with van der Waals surface area (Å²) in [4.78, 5) is 16.1. The summed E-state index contributed by atoms with van der Waals surface area (Å²) < 4.78 is 27.1. The molecule has 2 rings (SSSR count). The highest BCUT2D eigenvalue weighted by Gasteiger charge is 2.16. The third-order valence-corrected chi connectivity index (χ3v) is 5.86. The van der Waals surface area contributed by atoms with Gasteiger partial charge in [0.05, 0.1) is 10.6 Å². The molecule has 6 nitrogen and oxygen atoms in total. The van der Waals surface area contributed by atoms with Gasteiger partial charge in [0.2, 0.25) is 5.91 Å². The van der Waals surface area contributed by atoms with Gasteiger partial charge in [0.25, 0.3) is 10.0 Å². The van der Waals surface area contributed by atoms with Gasteiger partial charge in [0, 0.05) is 18.3 Å². The van der Waals surface area contributed by atoms with Crippen molar-refractivity contribution in [2.75, 3.05) is 11.3 Å². The minimum atomic E-state index is -3.64. The molecule has 2 N–H and O–H groups in total. The van der Waals surface area contributed by atoms with Gasteiger partial charge in [0.15, 0.2) is 5.13 Å². The molecule has 0 atom stereocenters. The maximum atomic E-state index is 12.3. The van der Waals surface area contributed by atoms with E-state index in [1.54, 1.807) is 29.6 Å². The van der Waals surface area contributed by atoms with Crippen LogP contribution in [-0.4, -0.2) is 25.9 Å². The molecule has 8 heteroatoms. The Balaban J connectivity index is 1.90. The van der Waals surface area contributed by atoms with Crippen LogP contribution >= 0.6 is 11.3 Å². The minimum Gasteiger partial charge on any atom is -0.356 e. The highest BCUT2D eigenvalue weighted by molar-refractivity contribution is 7.93. The molecule has 0 aliphatic rings. The fourth-order valence-corrected chi connectivity index (χ4v) is 4.09. The monoisotopic (exact) mass is 381 g/mol. The van der Waals surface area contributed by atoms with E-state index in [0.29, 0.717) is 30.2 Å². The number of carbonyl (C=O) groups excluding carboxylic acids is 1. The first-order chi connectivity index (χ1) is 11.9. The predicted octanol–water partition coefficient (Wildman–Crippen LogP) is 3.10. The topological polar surface area (TPSA) is 88.2 Å². The molecule has 0 fully saturated rings. The van der Waals surface area contributed by atoms with E-state index in [1.165, 1.54) is 11.3 Å². The average molecular weight is 382 g/mol. The molecule has 1 aromatic heterocycles. The zero-order chi connectivity index (χ0) is 18.3. The van der Waals surface area contributed by atoms with Crippen molar-refractivity contribution in [2.45, 2.75) is 44.4 Å². The van der Waals surface area contributed by atoms with E-state index >= 15 is 0 Å². The minimum absolute atomic E-state index is 0.0109. The van der Waals surface area contributed by atoms with Crippen molar-refractivity contribution < 1.29 is 13.2 Å². The van der Waals surface area contributed by atoms with E-state index in [2.05, 4.69) is 21.9 Å². The summed E-state index contributed by atoms with van der Waals surface area (Å²) in [5.41, 5.74) is 1.70. The highest BCUT2D eigenvalue weighted by Crippen LogP contribution is 2.21. The zero-order valence-corrected chi connectivity index (χ0v) is 16.0. The van der Waals surface area contributed by atoms with Crippen LogP contribution < -0.4 is 10.0 Å². The van der Waals surface area contributed by atoms with Crippen LogP contribution in [-0.2, 0) is 21.2 Å². The SMILES string of the molecule is CCCCNC(=O)CCc1csc(NS(=O)(=O)c2ccc(C)cc2)n1. The van der Waals surface area contributed by atoms with Gasteiger partial charge in [-0.3, -0.25) is 9.52 Å². The molecule has 0 radical (unpaired) electrons. The number of amides is 1. The summed E-state index contributed by atoms with van der Waals surface area (Å²) in [6.45, 7) is 4.66. The van der Waals surface area contributed by atoms with Crippen molar-refractivity contribution in [1.82, 2.24) is 10.3 Å². The molecule has 0 aliphatic heterocycles. The second-order valence-corrected chi connectivity index (χ2v) is 8.31. The van der Waals surface area contributed by atoms with Gasteiger partial charge in [-0.15, -0.1) is 11.3 Å². The number of rotatable bonds is 9. The maximum absolute atomic E-state index is 12.3. The number of hydrogen-bond acceptors (Lipinski definition) is 5. The Morgan fingerprint density at radius 3 is 2.64 bits per heavy atom. The van der Waals surface area contributed by atoms with E-state index in [9.17, 15) is 13.2 Å². The number of hydrogen-bond donors (Lipinski definition) is 2. The molecule has 0 spiro atoms. The summed E-state index contributed by atoms with van der Waals surface area (Å²) in [5.74, 6) is -0.0109. The number of anilines is 1. The number of thiazole rings is 1. The molecular weight excluding hydrogens is 358 g/mol. The van der Waals surface area contributed by atoms with Gasteiger partial charge in [-0.2, -0.15) is 0 Å². The first-order valence-corrected chi connectivity index (χ1v) is 10.6. The van der Waals surface area contributed by atoms with Crippen molar-refractivity contribution in [3.63, 3.8) is 0 Å². The Labute approximate surface area is 152 Å². The Morgan fingerprint density at radius 2 is 1.96 bits per heavy atom. The lowest BCUT2D eigenvalue weighted by molar-refractivity contribution is -0.121. The van der Waals surface area contributed by atoms with E-state index in [0.717, 1.165) is 18.4 Å². The zero-order valence-electron chi connectivity index (χ0n) is 14.4. The fraction of sp³-hybridized carbons (Fsp3) is 0.412. The van der Waals surface area contributed by atoms with Gasteiger partial charge in [-0.25, -0.2) is 13.4 Å². The molecular formula is C17H23N3O3S2. The number of aromatic nitrogens is 1. The quantitative estimate of drug-likeness (QED) is 0.653. The first kappa shape index (κ1) is 19.4. The van der Waals surface area contributed by atoms with Crippen LogP contribution in [0.2, 0.25) is 0 Å². The van der Waals surface area contributed by atoms with Gasteiger partial charge >= 0.3 is 0 Å². The Hall–Kier alpha value is -1.93. The molecule has 0 saturated heterocycles. The van der Waals surface area contributed by atoms with Crippen molar-refractivity contribution in [2.24, 2.45) is 0 Å². The van der Waals surface area contributed by atoms with Crippen LogP contribution in [0.4, 0.5) is 5.13 Å². The molecule has 0 bridgehead atoms. The van der Waals surface area contributed by atoms with Crippen LogP contribution in [0.3, 0.4) is 0 Å². The predicted molar refractivity (Wildman–Crippen MR) is 100 cm³/mol. The number of carbonyl (C=O) groups is 1. The van der Waals surface area contributed by atoms with Crippen LogP contribution in [0.1, 0.15) is 37.4 Å². The fourth-order valence-electron chi connectivity index (χ4n) is 2.09. The highest BCUT2D eigenvalue weighted by atomic mass is 32.2. The van der Waals surface area contributed by atoms with Gasteiger partial charge in [0.1, 0.15) is 0 Å². The van der Waals surface area contributed by atoms with Gasteiger partial charge < -0.3 is 5.32 Å². The number of aryl methyl sites for hydroxylation is 2. The number of unbranched alkanes of at least 4 members (excludes halogenated alkanes) is 1. The summed E-state index contributed by atoms with van der Waals surface area (Å²) >= 11 is 1.21. The van der Waals surface area contributed by atoms with Crippen LogP contribution in [0.5, 0.6) is 0 Å².